The molecule has 0 atom stereocenters. The Morgan fingerprint density at radius 1 is 0.971 bits per heavy atom. The Bertz CT molecular complexity index is 1300. The van der Waals surface area contributed by atoms with E-state index in [0.29, 0.717) is 37.0 Å². The van der Waals surface area contributed by atoms with Crippen LogP contribution in [0, 0.1) is 15.9 Å². The molecule has 174 valence electrons. The molecule has 0 saturated heterocycles. The van der Waals surface area contributed by atoms with Gasteiger partial charge < -0.3 is 15.4 Å². The van der Waals surface area contributed by atoms with Crippen molar-refractivity contribution in [3.05, 3.63) is 111 Å². The molecule has 0 heterocycles. The molecule has 8 heteroatoms. The molecule has 2 N–H and O–H groups in total. The van der Waals surface area contributed by atoms with E-state index in [1.807, 2.05) is 24.3 Å². The number of halogens is 2. The molecule has 0 amide bonds. The van der Waals surface area contributed by atoms with E-state index in [9.17, 15) is 14.5 Å². The van der Waals surface area contributed by atoms with Crippen LogP contribution < -0.4 is 15.4 Å². The monoisotopic (exact) mass is 479 g/mol. The molecule has 0 aromatic heterocycles. The van der Waals surface area contributed by atoms with E-state index in [2.05, 4.69) is 22.8 Å². The Morgan fingerprint density at radius 3 is 2.53 bits per heavy atom. The highest BCUT2D eigenvalue weighted by atomic mass is 35.5. The summed E-state index contributed by atoms with van der Waals surface area (Å²) < 4.78 is 19.3. The summed E-state index contributed by atoms with van der Waals surface area (Å²) in [5, 5.41) is 20.0. The average molecular weight is 480 g/mol. The zero-order valence-electron chi connectivity index (χ0n) is 18.3. The number of fused-ring (bicyclic) bond motifs is 1. The summed E-state index contributed by atoms with van der Waals surface area (Å²) >= 11 is 6.14. The number of nitro benzene ring substituents is 1. The van der Waals surface area contributed by atoms with E-state index in [0.717, 1.165) is 27.6 Å². The van der Waals surface area contributed by atoms with E-state index in [1.165, 1.54) is 24.3 Å². The van der Waals surface area contributed by atoms with Gasteiger partial charge in [-0.2, -0.15) is 0 Å². The normalized spacial score (nSPS) is 10.9. The molecule has 4 aromatic carbocycles. The largest absolute Gasteiger partial charge is 0.489 e. The molecular weight excluding hydrogens is 457 g/mol. The van der Waals surface area contributed by atoms with Crippen molar-refractivity contribution in [2.24, 2.45) is 0 Å². The molecule has 6 nitrogen and oxygen atoms in total. The lowest BCUT2D eigenvalue weighted by Gasteiger charge is -2.16. The second kappa shape index (κ2) is 11.0. The zero-order chi connectivity index (χ0) is 23.9. The second-order valence-corrected chi connectivity index (χ2v) is 8.11. The van der Waals surface area contributed by atoms with Gasteiger partial charge in [-0.3, -0.25) is 10.1 Å². The van der Waals surface area contributed by atoms with E-state index < -0.39 is 4.92 Å². The zero-order valence-corrected chi connectivity index (χ0v) is 19.0. The van der Waals surface area contributed by atoms with Gasteiger partial charge in [-0.05, 0) is 40.6 Å². The number of nitrogens with zero attached hydrogens (tertiary/aromatic N) is 1. The third-order valence-corrected chi connectivity index (χ3v) is 5.70. The molecule has 0 aliphatic carbocycles. The lowest BCUT2D eigenvalue weighted by Crippen LogP contribution is -2.22. The Morgan fingerprint density at radius 2 is 1.76 bits per heavy atom. The number of nitrogens with one attached hydrogen (secondary N) is 2. The third kappa shape index (κ3) is 5.81. The van der Waals surface area contributed by atoms with Crippen molar-refractivity contribution in [2.45, 2.75) is 13.2 Å². The number of nitro groups is 1. The molecule has 0 aliphatic heterocycles. The number of anilines is 1. The summed E-state index contributed by atoms with van der Waals surface area (Å²) in [4.78, 5) is 10.4. The molecule has 0 spiro atoms. The molecule has 0 fully saturated rings. The van der Waals surface area contributed by atoms with Crippen molar-refractivity contribution in [3.8, 4) is 5.75 Å². The third-order valence-electron chi connectivity index (χ3n) is 5.39. The van der Waals surface area contributed by atoms with Gasteiger partial charge in [0.15, 0.2) is 0 Å². The van der Waals surface area contributed by atoms with Crippen molar-refractivity contribution >= 4 is 33.7 Å². The highest BCUT2D eigenvalue weighted by Gasteiger charge is 2.11. The Balaban J connectivity index is 1.39. The van der Waals surface area contributed by atoms with Gasteiger partial charge in [0, 0.05) is 37.3 Å². The summed E-state index contributed by atoms with van der Waals surface area (Å²) in [6.07, 6.45) is 0. The summed E-state index contributed by atoms with van der Waals surface area (Å²) in [6, 6.07) is 22.7. The first-order valence-electron chi connectivity index (χ1n) is 10.8. The van der Waals surface area contributed by atoms with Crippen LogP contribution in [0.4, 0.5) is 15.8 Å². The molecule has 0 radical (unpaired) electrons. The van der Waals surface area contributed by atoms with E-state index in [4.69, 9.17) is 16.3 Å². The minimum Gasteiger partial charge on any atom is -0.489 e. The minimum atomic E-state index is -0.475. The van der Waals surface area contributed by atoms with Crippen LogP contribution in [-0.4, -0.2) is 18.0 Å². The van der Waals surface area contributed by atoms with Crippen molar-refractivity contribution in [1.29, 1.82) is 0 Å². The Labute approximate surface area is 201 Å². The van der Waals surface area contributed by atoms with Crippen molar-refractivity contribution in [1.82, 2.24) is 5.32 Å². The predicted octanol–water partition coefficient (Wildman–Crippen LogP) is 6.32. The number of non-ortho nitro benzene ring substituents is 1. The maximum atomic E-state index is 13.2. The molecule has 4 aromatic rings. The van der Waals surface area contributed by atoms with Gasteiger partial charge in [0.05, 0.1) is 15.6 Å². The minimum absolute atomic E-state index is 0.0437. The summed E-state index contributed by atoms with van der Waals surface area (Å²) in [6.45, 7) is 2.13. The second-order valence-electron chi connectivity index (χ2n) is 7.70. The van der Waals surface area contributed by atoms with Crippen LogP contribution in [0.3, 0.4) is 0 Å². The fourth-order valence-electron chi connectivity index (χ4n) is 3.64. The maximum absolute atomic E-state index is 13.2. The van der Waals surface area contributed by atoms with Crippen LogP contribution in [0.2, 0.25) is 5.02 Å². The first-order valence-corrected chi connectivity index (χ1v) is 11.2. The lowest BCUT2D eigenvalue weighted by molar-refractivity contribution is -0.384. The molecule has 0 unspecified atom stereocenters. The number of hydrogen-bond acceptors (Lipinski definition) is 5. The van der Waals surface area contributed by atoms with Crippen LogP contribution in [-0.2, 0) is 13.2 Å². The molecule has 4 rings (SSSR count). The number of rotatable bonds is 10. The van der Waals surface area contributed by atoms with E-state index in [-0.39, 0.29) is 11.5 Å². The van der Waals surface area contributed by atoms with E-state index in [1.54, 1.807) is 18.2 Å². The smallest absolute Gasteiger partial charge is 0.271 e. The fourth-order valence-corrected chi connectivity index (χ4v) is 3.88. The first-order chi connectivity index (χ1) is 16.5. The highest BCUT2D eigenvalue weighted by molar-refractivity contribution is 6.33. The quantitative estimate of drug-likeness (QED) is 0.158. The van der Waals surface area contributed by atoms with Gasteiger partial charge in [0.1, 0.15) is 18.2 Å². The summed E-state index contributed by atoms with van der Waals surface area (Å²) in [5.74, 6) is 0.491. The van der Waals surface area contributed by atoms with Gasteiger partial charge >= 0.3 is 0 Å². The Hall–Kier alpha value is -3.68. The SMILES string of the molecule is O=[N+]([O-])c1ccc(NCCNCc2c(OCc3ccc(F)cc3)ccc3ccccc23)c(Cl)c1. The first kappa shape index (κ1) is 23.5. The molecule has 0 bridgehead atoms. The summed E-state index contributed by atoms with van der Waals surface area (Å²) in [7, 11) is 0. The van der Waals surface area contributed by atoms with Crippen LogP contribution >= 0.6 is 11.6 Å². The van der Waals surface area contributed by atoms with Crippen LogP contribution in [0.15, 0.2) is 78.9 Å². The maximum Gasteiger partial charge on any atom is 0.271 e. The Kier molecular flexibility index (Phi) is 7.57. The van der Waals surface area contributed by atoms with Crippen molar-refractivity contribution < 1.29 is 14.1 Å². The van der Waals surface area contributed by atoms with Gasteiger partial charge in [-0.25, -0.2) is 4.39 Å². The van der Waals surface area contributed by atoms with Gasteiger partial charge in [-0.15, -0.1) is 0 Å². The molecular formula is C26H23ClFN3O3. The topological polar surface area (TPSA) is 76.4 Å². The molecule has 34 heavy (non-hydrogen) atoms. The van der Waals surface area contributed by atoms with Crippen molar-refractivity contribution in [3.63, 3.8) is 0 Å². The number of hydrogen-bond donors (Lipinski definition) is 2. The summed E-state index contributed by atoms with van der Waals surface area (Å²) in [5.41, 5.74) is 2.52. The van der Waals surface area contributed by atoms with E-state index >= 15 is 0 Å². The standard InChI is InChI=1S/C26H23ClFN3O3/c27-24-15-21(31(32)33)10-11-25(24)30-14-13-29-16-23-22-4-2-1-3-19(22)7-12-26(23)34-17-18-5-8-20(28)9-6-18/h1-12,15,29-30H,13-14,16-17H2. The van der Waals surface area contributed by atoms with Crippen molar-refractivity contribution in [2.75, 3.05) is 18.4 Å². The lowest BCUT2D eigenvalue weighted by atomic mass is 10.0. The van der Waals surface area contributed by atoms with Crippen LogP contribution in [0.1, 0.15) is 11.1 Å². The number of benzene rings is 4. The molecule has 0 aliphatic rings. The van der Waals surface area contributed by atoms with Gasteiger partial charge in [-0.1, -0.05) is 54.1 Å². The van der Waals surface area contributed by atoms with Crippen LogP contribution in [0.25, 0.3) is 10.8 Å². The fraction of sp³-hybridized carbons (Fsp3) is 0.154. The highest BCUT2D eigenvalue weighted by Crippen LogP contribution is 2.29. The molecule has 0 saturated carbocycles. The predicted molar refractivity (Wildman–Crippen MR) is 133 cm³/mol. The average Bonchev–Trinajstić information content (AvgIpc) is 2.84. The number of ether oxygens (including phenoxy) is 1. The van der Waals surface area contributed by atoms with Gasteiger partial charge in [0.25, 0.3) is 5.69 Å². The van der Waals surface area contributed by atoms with Crippen LogP contribution in [0.5, 0.6) is 5.75 Å². The van der Waals surface area contributed by atoms with Gasteiger partial charge in [0.2, 0.25) is 0 Å².